The van der Waals surface area contributed by atoms with Gasteiger partial charge in [0.1, 0.15) is 11.6 Å². The first-order valence-electron chi connectivity index (χ1n) is 14.8. The van der Waals surface area contributed by atoms with E-state index in [9.17, 15) is 19.8 Å². The Labute approximate surface area is 279 Å². The molecule has 0 bridgehead atoms. The van der Waals surface area contributed by atoms with Gasteiger partial charge in [-0.15, -0.1) is 0 Å². The second kappa shape index (κ2) is 13.9. The van der Waals surface area contributed by atoms with E-state index in [4.69, 9.17) is 37.4 Å². The van der Waals surface area contributed by atoms with E-state index in [0.29, 0.717) is 60.0 Å². The molecule has 47 heavy (non-hydrogen) atoms. The number of carboxylic acids is 1. The Morgan fingerprint density at radius 2 is 1.83 bits per heavy atom. The number of morpholine rings is 1. The minimum atomic E-state index is -1.23. The van der Waals surface area contributed by atoms with Gasteiger partial charge in [0.2, 0.25) is 0 Å². The highest BCUT2D eigenvalue weighted by Crippen LogP contribution is 2.41. The summed E-state index contributed by atoms with van der Waals surface area (Å²) >= 11 is 13.2. The Morgan fingerprint density at radius 1 is 1.09 bits per heavy atom. The first-order valence-corrected chi connectivity index (χ1v) is 15.5. The van der Waals surface area contributed by atoms with Crippen molar-refractivity contribution in [2.75, 3.05) is 51.7 Å². The van der Waals surface area contributed by atoms with Crippen molar-refractivity contribution < 1.29 is 38.4 Å². The number of methoxy groups -OCH3 is 1. The Bertz CT molecular complexity index is 1810. The fourth-order valence-electron chi connectivity index (χ4n) is 5.80. The van der Waals surface area contributed by atoms with Gasteiger partial charge in [0.25, 0.3) is 5.91 Å². The summed E-state index contributed by atoms with van der Waals surface area (Å²) in [6, 6.07) is 11.0. The molecule has 2 N–H and O–H groups in total. The number of carbonyl (C=O) groups is 2. The topological polar surface area (TPSA) is 127 Å². The highest BCUT2D eigenvalue weighted by Gasteiger charge is 2.30. The molecule has 2 aliphatic heterocycles. The molecule has 1 fully saturated rings. The Morgan fingerprint density at radius 3 is 2.53 bits per heavy atom. The molecule has 1 saturated heterocycles. The number of ether oxygens (including phenoxy) is 3. The molecule has 6 rings (SSSR count). The van der Waals surface area contributed by atoms with Gasteiger partial charge < -0.3 is 34.2 Å². The number of hydrogen-bond donors (Lipinski definition) is 2. The van der Waals surface area contributed by atoms with Crippen LogP contribution in [0.5, 0.6) is 5.75 Å². The minimum Gasteiger partial charge on any atom is -0.478 e. The molecule has 11 nitrogen and oxygen atoms in total. The number of hydrogen-bond acceptors (Lipinski definition) is 8. The third-order valence-corrected chi connectivity index (χ3v) is 8.64. The number of rotatable bonds is 9. The van der Waals surface area contributed by atoms with E-state index in [-0.39, 0.29) is 53.2 Å². The predicted molar refractivity (Wildman–Crippen MR) is 173 cm³/mol. The van der Waals surface area contributed by atoms with E-state index in [0.717, 1.165) is 6.07 Å². The van der Waals surface area contributed by atoms with E-state index < -0.39 is 23.8 Å². The average Bonchev–Trinajstić information content (AvgIpc) is 3.52. The van der Waals surface area contributed by atoms with E-state index in [2.05, 4.69) is 5.10 Å². The van der Waals surface area contributed by atoms with E-state index in [1.165, 1.54) is 18.1 Å². The highest BCUT2D eigenvalue weighted by molar-refractivity contribution is 6.40. The number of benzene rings is 3. The zero-order chi connectivity index (χ0) is 33.2. The fourth-order valence-corrected chi connectivity index (χ4v) is 6.45. The van der Waals surface area contributed by atoms with Gasteiger partial charge in [-0.1, -0.05) is 41.4 Å². The molecule has 0 radical (unpaired) electrons. The molecule has 0 unspecified atom stereocenters. The lowest BCUT2D eigenvalue weighted by atomic mass is 9.97. The summed E-state index contributed by atoms with van der Waals surface area (Å²) in [5.41, 5.74) is 2.95. The van der Waals surface area contributed by atoms with E-state index >= 15 is 4.39 Å². The van der Waals surface area contributed by atoms with Crippen LogP contribution in [0.4, 0.5) is 10.1 Å². The highest BCUT2D eigenvalue weighted by atomic mass is 35.5. The molecule has 4 aromatic rings. The fraction of sp³-hybridized carbons (Fsp3) is 0.303. The number of amides is 1. The molecule has 3 aromatic carbocycles. The van der Waals surface area contributed by atoms with E-state index in [1.807, 2.05) is 4.90 Å². The lowest BCUT2D eigenvalue weighted by molar-refractivity contribution is 0.0512. The standard InChI is InChI=1S/C33H31Cl2FN4O7/c1-45-17-22(41)16-40-15-21(13-37-40)20-9-26(34)30(27(35)10-20)32(42)39-14-19-3-2-4-23(31(19)47-18-39)24-12-29(38-5-7-46-8-6-38)25(33(43)44)11-28(24)36/h2-4,9-13,15,22,41H,5-8,14,16-18H2,1H3,(H,43,44)/t22-/m1/s1. The van der Waals surface area contributed by atoms with Crippen LogP contribution in [0.3, 0.4) is 0 Å². The number of nitrogens with zero attached hydrogens (tertiary/aromatic N) is 4. The van der Waals surface area contributed by atoms with E-state index in [1.54, 1.807) is 47.4 Å². The number of fused-ring (bicyclic) bond motifs is 1. The number of aliphatic hydroxyl groups excluding tert-OH is 1. The maximum atomic E-state index is 15.5. The van der Waals surface area contributed by atoms with Crippen molar-refractivity contribution in [2.45, 2.75) is 19.2 Å². The van der Waals surface area contributed by atoms with Crippen LogP contribution < -0.4 is 9.64 Å². The Hall–Kier alpha value is -4.20. The molecule has 14 heteroatoms. The number of aromatic carboxylic acids is 1. The summed E-state index contributed by atoms with van der Waals surface area (Å²) in [5, 5.41) is 24.3. The number of para-hydroxylation sites is 1. The van der Waals surface area contributed by atoms with Crippen molar-refractivity contribution in [3.63, 3.8) is 0 Å². The minimum absolute atomic E-state index is 0.105. The van der Waals surface area contributed by atoms with Gasteiger partial charge in [0, 0.05) is 48.6 Å². The Kier molecular flexibility index (Phi) is 9.67. The summed E-state index contributed by atoms with van der Waals surface area (Å²) in [6.45, 7) is 2.20. The zero-order valence-electron chi connectivity index (χ0n) is 25.3. The summed E-state index contributed by atoms with van der Waals surface area (Å²) in [4.78, 5) is 29.0. The second-order valence-electron chi connectivity index (χ2n) is 11.2. The Balaban J connectivity index is 1.25. The van der Waals surface area contributed by atoms with Gasteiger partial charge in [0.15, 0.2) is 6.73 Å². The molecule has 0 saturated carbocycles. The molecule has 0 aliphatic carbocycles. The van der Waals surface area contributed by atoms with Gasteiger partial charge in [0.05, 0.1) is 72.1 Å². The van der Waals surface area contributed by atoms with Crippen LogP contribution in [0.1, 0.15) is 26.3 Å². The lowest BCUT2D eigenvalue weighted by Crippen LogP contribution is -2.37. The van der Waals surface area contributed by atoms with Crippen molar-refractivity contribution in [3.05, 3.63) is 87.4 Å². The van der Waals surface area contributed by atoms with Crippen molar-refractivity contribution >= 4 is 40.8 Å². The average molecular weight is 686 g/mol. The molecule has 0 spiro atoms. The number of carbonyl (C=O) groups excluding carboxylic acids is 1. The molecule has 2 aliphatic rings. The van der Waals surface area contributed by atoms with Crippen LogP contribution in [-0.4, -0.2) is 89.6 Å². The maximum Gasteiger partial charge on any atom is 0.337 e. The molecule has 1 aromatic heterocycles. The van der Waals surface area contributed by atoms with Crippen LogP contribution in [0.2, 0.25) is 10.0 Å². The normalized spacial score (nSPS) is 15.3. The van der Waals surface area contributed by atoms with Gasteiger partial charge in [-0.2, -0.15) is 5.10 Å². The smallest absolute Gasteiger partial charge is 0.337 e. The van der Waals surface area contributed by atoms with Crippen molar-refractivity contribution in [1.29, 1.82) is 0 Å². The van der Waals surface area contributed by atoms with Crippen molar-refractivity contribution in [3.8, 4) is 28.0 Å². The monoisotopic (exact) mass is 684 g/mol. The van der Waals surface area contributed by atoms with Crippen LogP contribution >= 0.6 is 23.2 Å². The van der Waals surface area contributed by atoms with Crippen molar-refractivity contribution in [2.24, 2.45) is 0 Å². The lowest BCUT2D eigenvalue weighted by Gasteiger charge is -2.32. The van der Waals surface area contributed by atoms with Crippen LogP contribution in [0, 0.1) is 5.82 Å². The van der Waals surface area contributed by atoms with Gasteiger partial charge >= 0.3 is 5.97 Å². The molecular formula is C33H31Cl2FN4O7. The van der Waals surface area contributed by atoms with Gasteiger partial charge in [-0.3, -0.25) is 9.48 Å². The van der Waals surface area contributed by atoms with Gasteiger partial charge in [-0.25, -0.2) is 9.18 Å². The quantitative estimate of drug-likeness (QED) is 0.245. The number of halogens is 3. The third kappa shape index (κ3) is 6.78. The predicted octanol–water partition coefficient (Wildman–Crippen LogP) is 5.20. The molecule has 3 heterocycles. The molecule has 1 atom stereocenters. The van der Waals surface area contributed by atoms with Crippen molar-refractivity contribution in [1.82, 2.24) is 14.7 Å². The molecular weight excluding hydrogens is 654 g/mol. The van der Waals surface area contributed by atoms with Gasteiger partial charge in [-0.05, 0) is 29.8 Å². The maximum absolute atomic E-state index is 15.5. The summed E-state index contributed by atoms with van der Waals surface area (Å²) in [6.07, 6.45) is 2.62. The molecule has 1 amide bonds. The number of aromatic nitrogens is 2. The SMILES string of the molecule is COC[C@H](O)Cn1cc(-c2cc(Cl)c(C(=O)N3COc4c(cccc4-c4cc(N5CCOCC5)c(C(=O)O)cc4F)C3)c(Cl)c2)cn1. The largest absolute Gasteiger partial charge is 0.478 e. The second-order valence-corrected chi connectivity index (χ2v) is 12.0. The summed E-state index contributed by atoms with van der Waals surface area (Å²) < 4.78 is 33.5. The number of carboxylic acid groups (broad SMARTS) is 1. The third-order valence-electron chi connectivity index (χ3n) is 8.05. The first kappa shape index (κ1) is 32.7. The zero-order valence-corrected chi connectivity index (χ0v) is 26.8. The van der Waals surface area contributed by atoms with Crippen LogP contribution in [0.15, 0.2) is 54.9 Å². The number of aliphatic hydroxyl groups is 1. The number of anilines is 1. The first-order chi connectivity index (χ1) is 22.6. The van der Waals surface area contributed by atoms with Crippen LogP contribution in [0.25, 0.3) is 22.3 Å². The molecule has 246 valence electrons. The summed E-state index contributed by atoms with van der Waals surface area (Å²) in [5.74, 6) is -1.99. The van der Waals surface area contributed by atoms with Crippen LogP contribution in [-0.2, 0) is 22.6 Å². The summed E-state index contributed by atoms with van der Waals surface area (Å²) in [7, 11) is 1.50.